The molecule has 0 saturated heterocycles. The molecule has 1 atom stereocenters. The van der Waals surface area contributed by atoms with E-state index in [0.717, 1.165) is 5.56 Å². The number of methoxy groups -OCH3 is 2. The van der Waals surface area contributed by atoms with Crippen molar-refractivity contribution >= 4 is 5.97 Å². The molecule has 5 nitrogen and oxygen atoms in total. The van der Waals surface area contributed by atoms with Crippen LogP contribution in [0.15, 0.2) is 67.1 Å². The highest BCUT2D eigenvalue weighted by Gasteiger charge is 2.41. The largest absolute Gasteiger partial charge is 0.496 e. The molecular formula is C26H31F3O5. The van der Waals surface area contributed by atoms with Gasteiger partial charge in [0.2, 0.25) is 0 Å². The highest BCUT2D eigenvalue weighted by atomic mass is 19.4. The maximum atomic E-state index is 13.4. The zero-order chi connectivity index (χ0) is 25.4. The Hall–Kier alpha value is -3.22. The molecule has 186 valence electrons. The van der Waals surface area contributed by atoms with Gasteiger partial charge in [-0.1, -0.05) is 48.7 Å². The number of hydrogen-bond donors (Lipinski definition) is 0. The van der Waals surface area contributed by atoms with Crippen molar-refractivity contribution in [1.82, 2.24) is 0 Å². The highest BCUT2D eigenvalue weighted by molar-refractivity contribution is 5.91. The van der Waals surface area contributed by atoms with Crippen molar-refractivity contribution in [1.29, 1.82) is 0 Å². The van der Waals surface area contributed by atoms with E-state index in [1.165, 1.54) is 31.6 Å². The number of esters is 1. The van der Waals surface area contributed by atoms with Gasteiger partial charge >= 0.3 is 12.1 Å². The third-order valence-corrected chi connectivity index (χ3v) is 4.58. The first-order chi connectivity index (χ1) is 16.2. The molecule has 0 fully saturated rings. The molecule has 0 aliphatic rings. The van der Waals surface area contributed by atoms with E-state index in [-0.39, 0.29) is 17.7 Å². The molecule has 0 spiro atoms. The number of carbonyl (C=O) groups is 1. The maximum absolute atomic E-state index is 13.4. The van der Waals surface area contributed by atoms with Gasteiger partial charge in [0.15, 0.2) is 6.10 Å². The summed E-state index contributed by atoms with van der Waals surface area (Å²) in [4.78, 5) is 11.7. The Bertz CT molecular complexity index is 906. The van der Waals surface area contributed by atoms with Crippen molar-refractivity contribution in [3.05, 3.63) is 83.8 Å². The van der Waals surface area contributed by atoms with E-state index in [2.05, 4.69) is 21.8 Å². The molecule has 0 N–H and O–H groups in total. The summed E-state index contributed by atoms with van der Waals surface area (Å²) in [6, 6.07) is 13.8. The van der Waals surface area contributed by atoms with E-state index < -0.39 is 18.2 Å². The number of halogens is 3. The van der Waals surface area contributed by atoms with Crippen LogP contribution in [0, 0.1) is 6.92 Å². The number of aryl methyl sites for hydroxylation is 1. The summed E-state index contributed by atoms with van der Waals surface area (Å²) >= 11 is 0. The monoisotopic (exact) mass is 480 g/mol. The minimum atomic E-state index is -4.51. The van der Waals surface area contributed by atoms with E-state index in [0.29, 0.717) is 31.6 Å². The Balaban J connectivity index is 0.00000104. The third kappa shape index (κ3) is 11.1. The van der Waals surface area contributed by atoms with Gasteiger partial charge in [0.05, 0.1) is 26.4 Å². The van der Waals surface area contributed by atoms with Crippen molar-refractivity contribution in [2.45, 2.75) is 45.1 Å². The summed E-state index contributed by atoms with van der Waals surface area (Å²) in [5.41, 5.74) is 4.22. The first-order valence-electron chi connectivity index (χ1n) is 10.6. The van der Waals surface area contributed by atoms with Crippen LogP contribution < -0.4 is 4.74 Å². The van der Waals surface area contributed by atoms with Gasteiger partial charge in [-0.2, -0.15) is 13.2 Å². The van der Waals surface area contributed by atoms with Gasteiger partial charge < -0.3 is 18.9 Å². The number of benzene rings is 2. The number of rotatable bonds is 11. The lowest BCUT2D eigenvalue weighted by Gasteiger charge is -2.22. The number of unbranched alkanes of at least 4 members (excludes halogenated alkanes) is 1. The van der Waals surface area contributed by atoms with Gasteiger partial charge in [-0.25, -0.2) is 4.79 Å². The van der Waals surface area contributed by atoms with Crippen molar-refractivity contribution in [3.8, 4) is 5.75 Å². The maximum Gasteiger partial charge on any atom is 0.425 e. The zero-order valence-electron chi connectivity index (χ0n) is 19.7. The van der Waals surface area contributed by atoms with Gasteiger partial charge in [0.25, 0.3) is 0 Å². The average Bonchev–Trinajstić information content (AvgIpc) is 2.82. The Labute approximate surface area is 198 Å². The molecule has 0 bridgehead atoms. The average molecular weight is 481 g/mol. The second-order valence-electron chi connectivity index (χ2n) is 7.21. The van der Waals surface area contributed by atoms with Crippen LogP contribution in [0.5, 0.6) is 5.75 Å². The van der Waals surface area contributed by atoms with Crippen LogP contribution in [0.3, 0.4) is 0 Å². The molecule has 2 rings (SSSR count). The normalized spacial score (nSPS) is 11.4. The minimum absolute atomic E-state index is 0.0151. The molecule has 2 aromatic carbocycles. The van der Waals surface area contributed by atoms with Crippen LogP contribution >= 0.6 is 0 Å². The lowest BCUT2D eigenvalue weighted by atomic mass is 10.1. The topological polar surface area (TPSA) is 54.0 Å². The molecule has 0 saturated carbocycles. The highest BCUT2D eigenvalue weighted by Crippen LogP contribution is 2.29. The summed E-state index contributed by atoms with van der Waals surface area (Å²) in [7, 11) is 2.77. The van der Waals surface area contributed by atoms with Crippen LogP contribution in [0.1, 0.15) is 40.7 Å². The summed E-state index contributed by atoms with van der Waals surface area (Å²) in [6.45, 7) is 5.72. The van der Waals surface area contributed by atoms with Gasteiger partial charge in [-0.3, -0.25) is 0 Å². The third-order valence-electron chi connectivity index (χ3n) is 4.58. The van der Waals surface area contributed by atoms with Crippen LogP contribution in [0.25, 0.3) is 0 Å². The van der Waals surface area contributed by atoms with E-state index in [4.69, 9.17) is 9.47 Å². The quantitative estimate of drug-likeness (QED) is 0.161. The van der Waals surface area contributed by atoms with Gasteiger partial charge in [-0.15, -0.1) is 0 Å². The molecule has 0 amide bonds. The lowest BCUT2D eigenvalue weighted by molar-refractivity contribution is -0.197. The second-order valence-corrected chi connectivity index (χ2v) is 7.21. The fourth-order valence-corrected chi connectivity index (χ4v) is 2.84. The summed E-state index contributed by atoms with van der Waals surface area (Å²) in [5, 5.41) is 0. The van der Waals surface area contributed by atoms with E-state index in [1.807, 2.05) is 30.3 Å². The molecule has 0 aromatic heterocycles. The molecule has 34 heavy (non-hydrogen) atoms. The van der Waals surface area contributed by atoms with E-state index in [1.54, 1.807) is 14.0 Å². The summed E-state index contributed by atoms with van der Waals surface area (Å²) in [5.74, 6) is -0.634. The van der Waals surface area contributed by atoms with Crippen molar-refractivity contribution < 1.29 is 36.9 Å². The Morgan fingerprint density at radius 3 is 2.38 bits per heavy atom. The van der Waals surface area contributed by atoms with Crippen molar-refractivity contribution in [3.63, 3.8) is 0 Å². The molecule has 2 aromatic rings. The standard InChI is InChI=1S/C22H25F3O4.C4H6O/c1-16-11-12-18(14-19(16)21(26)27-2)29-20(22(23,24)25)10-6-7-13-28-15-17-8-4-3-5-9-17;1-3-4-5-2/h3-5,8-9,11-12,14,20H,6-7,10,13,15H2,1-2H3;4H,1H2,2H3. The first-order valence-corrected chi connectivity index (χ1v) is 10.6. The van der Waals surface area contributed by atoms with Crippen LogP contribution in [0.4, 0.5) is 13.2 Å². The Morgan fingerprint density at radius 2 is 1.82 bits per heavy atom. The fourth-order valence-electron chi connectivity index (χ4n) is 2.84. The number of ether oxygens (including phenoxy) is 4. The van der Waals surface area contributed by atoms with E-state index >= 15 is 0 Å². The summed E-state index contributed by atoms with van der Waals surface area (Å²) in [6.07, 6.45) is -4.48. The van der Waals surface area contributed by atoms with Crippen LogP contribution in [-0.4, -0.2) is 39.1 Å². The molecule has 0 aliphatic carbocycles. The predicted octanol–water partition coefficient (Wildman–Crippen LogP) is 6.41. The molecule has 8 heteroatoms. The predicted molar refractivity (Wildman–Crippen MR) is 124 cm³/mol. The molecule has 0 radical (unpaired) electrons. The molecular weight excluding hydrogens is 449 g/mol. The lowest BCUT2D eigenvalue weighted by Crippen LogP contribution is -2.34. The molecule has 0 aliphatic heterocycles. The van der Waals surface area contributed by atoms with E-state index in [9.17, 15) is 18.0 Å². The summed E-state index contributed by atoms with van der Waals surface area (Å²) < 4.78 is 59.8. The van der Waals surface area contributed by atoms with Gasteiger partial charge in [-0.05, 0) is 49.4 Å². The Morgan fingerprint density at radius 1 is 1.12 bits per heavy atom. The molecule has 1 unspecified atom stereocenters. The van der Waals surface area contributed by atoms with Gasteiger partial charge in [0, 0.05) is 6.61 Å². The van der Waals surface area contributed by atoms with Crippen molar-refractivity contribution in [2.75, 3.05) is 20.8 Å². The Kier molecular flexibility index (Phi) is 13.2. The zero-order valence-corrected chi connectivity index (χ0v) is 19.7. The first kappa shape index (κ1) is 28.8. The smallest absolute Gasteiger partial charge is 0.425 e. The van der Waals surface area contributed by atoms with Gasteiger partial charge in [0.1, 0.15) is 12.0 Å². The minimum Gasteiger partial charge on any atom is -0.496 e. The van der Waals surface area contributed by atoms with Crippen molar-refractivity contribution in [2.24, 2.45) is 0 Å². The second kappa shape index (κ2) is 15.6. The SMILES string of the molecule is C=C=COC.COC(=O)c1cc(OC(CCCCOCc2ccccc2)C(F)(F)F)ccc1C. The van der Waals surface area contributed by atoms with Crippen LogP contribution in [0.2, 0.25) is 0 Å². The fraction of sp³-hybridized carbons (Fsp3) is 0.385. The molecule has 0 heterocycles. The number of alkyl halides is 3. The number of hydrogen-bond acceptors (Lipinski definition) is 5. The number of carbonyl (C=O) groups excluding carboxylic acids is 1. The van der Waals surface area contributed by atoms with Crippen LogP contribution in [-0.2, 0) is 20.8 Å².